The second-order valence-corrected chi connectivity index (χ2v) is 45.1. The lowest BCUT2D eigenvalue weighted by atomic mass is 10.0. The minimum Gasteiger partial charge on any atom is -0.378 e. The second-order valence-electron chi connectivity index (χ2n) is 37.4. The molecule has 0 saturated heterocycles. The Morgan fingerprint density at radius 1 is 0.331 bits per heavy atom. The summed E-state index contributed by atoms with van der Waals surface area (Å²) in [6, 6.07) is 78.6. The molecule has 7 aliphatic heterocycles. The lowest BCUT2D eigenvalue weighted by Gasteiger charge is -2.39. The molecule has 11 aromatic carbocycles. The number of non-ortho nitro benzene ring substituents is 3. The van der Waals surface area contributed by atoms with Crippen LogP contribution in [-0.4, -0.2) is 194 Å². The Hall–Kier alpha value is -13.8. The molecular weight excluding hydrogens is 2040 g/mol. The first-order valence-electron chi connectivity index (χ1n) is 46.7. The van der Waals surface area contributed by atoms with Crippen molar-refractivity contribution in [3.8, 4) is 21.1 Å². The lowest BCUT2D eigenvalue weighted by Crippen LogP contribution is -2.47. The molecule has 7 heterocycles. The van der Waals surface area contributed by atoms with Gasteiger partial charge in [0.1, 0.15) is 28.2 Å². The van der Waals surface area contributed by atoms with E-state index in [2.05, 4.69) is 331 Å². The van der Waals surface area contributed by atoms with E-state index in [0.717, 1.165) is 88.7 Å². The van der Waals surface area contributed by atoms with Gasteiger partial charge >= 0.3 is 0 Å². The lowest BCUT2D eigenvalue weighted by molar-refractivity contribution is -0.419. The molecule has 0 saturated carbocycles. The van der Waals surface area contributed by atoms with E-state index in [1.54, 1.807) is 70.5 Å². The van der Waals surface area contributed by atoms with E-state index in [-0.39, 0.29) is 70.7 Å². The van der Waals surface area contributed by atoms with E-state index in [1.807, 2.05) is 63.8 Å². The summed E-state index contributed by atoms with van der Waals surface area (Å²) in [6.07, 6.45) is 7.20. The Morgan fingerprint density at radius 3 is 0.939 bits per heavy atom. The Bertz CT molecular complexity index is 7290. The summed E-state index contributed by atoms with van der Waals surface area (Å²) in [7, 11) is 41.3. The highest BCUT2D eigenvalue weighted by atomic mass is 35.5. The molecular formula is C111H118Cl2N18O10S7+2. The van der Waals surface area contributed by atoms with Crippen LogP contribution in [0.3, 0.4) is 0 Å². The first kappa shape index (κ1) is 111. The highest BCUT2D eigenvalue weighted by molar-refractivity contribution is 8.01. The van der Waals surface area contributed by atoms with Gasteiger partial charge in [-0.15, -0.1) is 59.2 Å². The van der Waals surface area contributed by atoms with E-state index < -0.39 is 19.7 Å². The molecule has 0 bridgehead atoms. The summed E-state index contributed by atoms with van der Waals surface area (Å²) >= 11 is 11.7. The minimum absolute atomic E-state index is 0. The van der Waals surface area contributed by atoms with Crippen LogP contribution in [-0.2, 0) is 28.9 Å². The third-order valence-corrected chi connectivity index (χ3v) is 33.1. The van der Waals surface area contributed by atoms with Crippen LogP contribution in [0.2, 0.25) is 0 Å². The van der Waals surface area contributed by atoms with Gasteiger partial charge in [0.25, 0.3) is 22.8 Å². The molecule has 10 aliphatic rings. The highest BCUT2D eigenvalue weighted by Gasteiger charge is 2.39. The van der Waals surface area contributed by atoms with Gasteiger partial charge in [0.15, 0.2) is 0 Å². The van der Waals surface area contributed by atoms with Crippen molar-refractivity contribution in [1.82, 2.24) is 19.1 Å². The number of rotatable bonds is 12. The van der Waals surface area contributed by atoms with E-state index in [4.69, 9.17) is 9.97 Å². The number of thioether (sulfide) groups is 1. The molecule has 0 radical (unpaired) electrons. The van der Waals surface area contributed by atoms with Gasteiger partial charge in [-0.05, 0) is 192 Å². The summed E-state index contributed by atoms with van der Waals surface area (Å²) in [5.74, 6) is -0.194. The van der Waals surface area contributed by atoms with Gasteiger partial charge in [-0.2, -0.15) is 0 Å². The number of nitrogens with zero attached hydrogens (tertiary/aromatic N) is 18. The van der Waals surface area contributed by atoms with Crippen LogP contribution in [0.4, 0.5) is 79.6 Å². The SMILES string of the molecule is CC(=O)N1c2ccc(N(C)C)cc2Sc2cc(N(C)C)ccc21.CC(=O)N1c2ccc([N+](=O)[O-])cc2SC2C=C([N+](=O)[O-])C=CC21.CN(C)c1ccc2c(c1)Sc1cc(N(C)C)ccc1C2.CN(C)c1ccc2c(c1)Sc1cc(N(C)C)ccc1C2.CN(C)c1ccc2nc3ccc(=[N+](C)C)cc-3sc2c1.CN(C)c1ccc2nc3ccc(=[N+](C)C)cc-3sc2c1.Cl.Cl.O=[N+]([O-])c1ccc2c(c1)Sc1cc([N+](=O)[O-])ccc1C2. The minimum atomic E-state index is -0.510. The zero-order chi connectivity index (χ0) is 105. The van der Waals surface area contributed by atoms with Crippen molar-refractivity contribution in [3.05, 3.63) is 345 Å². The van der Waals surface area contributed by atoms with Crippen molar-refractivity contribution < 1.29 is 29.3 Å². The molecule has 37 heteroatoms. The van der Waals surface area contributed by atoms with Crippen molar-refractivity contribution >= 4 is 218 Å². The number of aromatic nitrogens is 2. The summed E-state index contributed by atoms with van der Waals surface area (Å²) in [4.78, 5) is 108. The maximum Gasteiger partial charge on any atom is 0.270 e. The maximum absolute atomic E-state index is 12.3. The predicted molar refractivity (Wildman–Crippen MR) is 622 cm³/mol. The average molecular weight is 2160 g/mol. The van der Waals surface area contributed by atoms with Crippen LogP contribution >= 0.6 is 106 Å². The number of nitro benzene ring substituents is 3. The maximum atomic E-state index is 12.3. The van der Waals surface area contributed by atoms with Crippen molar-refractivity contribution in [1.29, 1.82) is 0 Å². The van der Waals surface area contributed by atoms with Crippen LogP contribution in [0.15, 0.2) is 305 Å². The molecule has 0 spiro atoms. The number of hydrogen-bond donors (Lipinski definition) is 0. The van der Waals surface area contributed by atoms with E-state index >= 15 is 0 Å². The van der Waals surface area contributed by atoms with Gasteiger partial charge in [-0.3, -0.25) is 54.9 Å². The number of benzene rings is 13. The average Bonchev–Trinajstić information content (AvgIpc) is 0.771. The van der Waals surface area contributed by atoms with E-state index in [1.165, 1.54) is 190 Å². The Balaban J connectivity index is 0.000000144. The fraction of sp³-hybridized carbons (Fsp3) is 0.243. The number of halogens is 2. The summed E-state index contributed by atoms with van der Waals surface area (Å²) in [5.41, 5.74) is 24.2. The van der Waals surface area contributed by atoms with Crippen molar-refractivity contribution in [2.24, 2.45) is 0 Å². The molecule has 0 aromatic heterocycles. The number of amides is 2. The number of carbonyl (C=O) groups is 2. The van der Waals surface area contributed by atoms with Gasteiger partial charge in [-0.25, -0.2) is 19.1 Å². The molecule has 2 atom stereocenters. The van der Waals surface area contributed by atoms with Gasteiger partial charge in [-0.1, -0.05) is 89.5 Å². The first-order chi connectivity index (χ1) is 69.5. The molecule has 766 valence electrons. The van der Waals surface area contributed by atoms with Crippen LogP contribution in [0, 0.1) is 40.5 Å². The fourth-order valence-electron chi connectivity index (χ4n) is 16.7. The Morgan fingerprint density at radius 2 is 0.622 bits per heavy atom. The van der Waals surface area contributed by atoms with Crippen LogP contribution in [0.25, 0.3) is 41.6 Å². The largest absolute Gasteiger partial charge is 0.378 e. The number of anilines is 11. The van der Waals surface area contributed by atoms with E-state index in [9.17, 15) is 50.0 Å². The van der Waals surface area contributed by atoms with Gasteiger partial charge in [0.2, 0.25) is 22.5 Å². The van der Waals surface area contributed by atoms with Crippen molar-refractivity contribution in [2.45, 2.75) is 88.5 Å². The Kier molecular flexibility index (Phi) is 36.2. The molecule has 11 aromatic rings. The highest BCUT2D eigenvalue weighted by Crippen LogP contribution is 2.53. The number of fused-ring (bicyclic) bond motifs is 14. The topological polar surface area (TPSA) is 271 Å². The molecule has 0 fully saturated rings. The first-order valence-corrected chi connectivity index (χ1v) is 52.5. The normalized spacial score (nSPS) is 13.4. The van der Waals surface area contributed by atoms with Gasteiger partial charge in [0, 0.05) is 289 Å². The smallest absolute Gasteiger partial charge is 0.270 e. The summed E-state index contributed by atoms with van der Waals surface area (Å²) < 4.78 is 6.68. The second kappa shape index (κ2) is 48.0. The zero-order valence-corrected chi connectivity index (χ0v) is 93.7. The third-order valence-electron chi connectivity index (χ3n) is 25.0. The fourth-order valence-corrected chi connectivity index (χ4v) is 24.6. The zero-order valence-electron chi connectivity index (χ0n) is 86.3. The predicted octanol–water partition coefficient (Wildman–Crippen LogP) is 23.6. The van der Waals surface area contributed by atoms with Crippen molar-refractivity contribution in [3.63, 3.8) is 0 Å². The molecule has 3 aliphatic carbocycles. The number of carbonyl (C=O) groups excluding carboxylic acids is 2. The number of allylic oxidation sites excluding steroid dienone is 1. The quantitative estimate of drug-likeness (QED) is 0.0476. The number of hydrogen-bond acceptors (Lipinski definition) is 27. The molecule has 28 nitrogen and oxygen atoms in total. The molecule has 2 unspecified atom stereocenters. The monoisotopic (exact) mass is 2160 g/mol. The Labute approximate surface area is 904 Å². The molecule has 0 N–H and O–H groups in total. The van der Waals surface area contributed by atoms with Crippen molar-refractivity contribution in [2.75, 3.05) is 190 Å². The molecule has 148 heavy (non-hydrogen) atoms. The summed E-state index contributed by atoms with van der Waals surface area (Å²) in [5, 5.41) is 45.5. The van der Waals surface area contributed by atoms with Crippen LogP contribution < -0.4 is 68.9 Å². The third kappa shape index (κ3) is 26.0. The molecule has 2 amide bonds. The number of nitro groups is 4. The van der Waals surface area contributed by atoms with Gasteiger partial charge < -0.3 is 44.1 Å². The van der Waals surface area contributed by atoms with Gasteiger partial charge in [0.05, 0.1) is 89.6 Å². The van der Waals surface area contributed by atoms with E-state index in [0.29, 0.717) is 17.0 Å². The standard InChI is InChI=1S/C18H21N3OS.2C17H20N2S.2C16H18N3S.C14H11N3O5S.C13H8N2O4S.2ClH/c1-12(22)21-15-8-6-13(19(2)3)10-17(15)23-18-11-14(20(4)5)7-9-16(18)21;2*1-18(2)14-7-5-12-9-13-6-8-15(19(3)4)11-17(13)20-16(12)10-14;2*1-18(2)11-5-7-13-15(9-11)20-16-10-12(19(3)4)6-8-14(16)17-13;1-8(18)15-11-4-2-9(16(19)20)6-13(11)23-14-7-10(17(21)22)3-5-12(14)15;16-14(17)10-3-1-8-5-9-2-4-11(15(18)19)7-13(9)20-12(8)6-10;;/h6-11H,1-5H3;2*5-8,10-11H,9H2,1-4H3;2*5-10H,1-4H3;2-7,11,13H,1H3;1-4,6-7H,5H2;2*1H/q;;;2*+1;;;;. The van der Waals surface area contributed by atoms with Crippen LogP contribution in [0.1, 0.15) is 47.2 Å². The molecule has 21 rings (SSSR count). The van der Waals surface area contributed by atoms with Crippen LogP contribution in [0.5, 0.6) is 0 Å². The summed E-state index contributed by atoms with van der Waals surface area (Å²) in [6.45, 7) is 3.02.